The van der Waals surface area contributed by atoms with Crippen molar-refractivity contribution < 1.29 is 10.0 Å². The second kappa shape index (κ2) is 5.55. The van der Waals surface area contributed by atoms with Crippen molar-refractivity contribution in [2.75, 3.05) is 0 Å². The summed E-state index contributed by atoms with van der Waals surface area (Å²) in [5, 5.41) is 9.40. The Kier molecular flexibility index (Phi) is 3.60. The lowest BCUT2D eigenvalue weighted by Gasteiger charge is -2.07. The van der Waals surface area contributed by atoms with E-state index in [1.54, 1.807) is 30.0 Å². The summed E-state index contributed by atoms with van der Waals surface area (Å²) in [6.45, 7) is 0.556. The van der Waals surface area contributed by atoms with Crippen molar-refractivity contribution in [2.45, 2.75) is 6.54 Å². The molecule has 0 aliphatic carbocycles. The number of carbonyl (C=O) groups excluding carboxylic acids is 1. The van der Waals surface area contributed by atoms with Crippen LogP contribution in [0.2, 0.25) is 5.02 Å². The van der Waals surface area contributed by atoms with Crippen LogP contribution in [0.25, 0.3) is 11.0 Å². The lowest BCUT2D eigenvalue weighted by Crippen LogP contribution is -2.18. The maximum atomic E-state index is 11.5. The van der Waals surface area contributed by atoms with Crippen LogP contribution < -0.4 is 5.48 Å². The van der Waals surface area contributed by atoms with Crippen LogP contribution in [0.3, 0.4) is 0 Å². The first-order valence-electron chi connectivity index (χ1n) is 6.32. The molecule has 0 aliphatic rings. The maximum absolute atomic E-state index is 11.5. The zero-order valence-corrected chi connectivity index (χ0v) is 11.7. The SMILES string of the molecule is O=C(NO)c1ccc2ncn(Cc3ccccc3Cl)c2c1. The minimum atomic E-state index is -0.553. The van der Waals surface area contributed by atoms with Gasteiger partial charge in [0.05, 0.1) is 23.9 Å². The van der Waals surface area contributed by atoms with Crippen LogP contribution in [-0.2, 0) is 6.54 Å². The zero-order valence-electron chi connectivity index (χ0n) is 11.0. The fourth-order valence-corrected chi connectivity index (χ4v) is 2.39. The summed E-state index contributed by atoms with van der Waals surface area (Å²) in [5.74, 6) is -0.553. The first-order chi connectivity index (χ1) is 10.2. The molecular formula is C15H12ClN3O2. The molecule has 5 nitrogen and oxygen atoms in total. The Labute approximate surface area is 125 Å². The Morgan fingerprint density at radius 3 is 2.86 bits per heavy atom. The third-order valence-electron chi connectivity index (χ3n) is 3.28. The van der Waals surface area contributed by atoms with Crippen LogP contribution in [-0.4, -0.2) is 20.7 Å². The molecule has 3 rings (SSSR count). The van der Waals surface area contributed by atoms with Crippen molar-refractivity contribution in [3.05, 3.63) is 64.9 Å². The summed E-state index contributed by atoms with van der Waals surface area (Å²) in [6.07, 6.45) is 1.70. The number of nitrogens with one attached hydrogen (secondary N) is 1. The van der Waals surface area contributed by atoms with E-state index in [1.165, 1.54) is 0 Å². The van der Waals surface area contributed by atoms with Crippen LogP contribution in [0, 0.1) is 0 Å². The molecule has 1 amide bonds. The van der Waals surface area contributed by atoms with Crippen molar-refractivity contribution in [1.82, 2.24) is 15.0 Å². The number of aromatic nitrogens is 2. The molecule has 0 saturated heterocycles. The van der Waals surface area contributed by atoms with Crippen molar-refractivity contribution in [2.24, 2.45) is 0 Å². The number of rotatable bonds is 3. The van der Waals surface area contributed by atoms with E-state index in [9.17, 15) is 4.79 Å². The Morgan fingerprint density at radius 1 is 1.29 bits per heavy atom. The molecule has 0 spiro atoms. The molecule has 106 valence electrons. The Balaban J connectivity index is 2.03. The first kappa shape index (κ1) is 13.6. The average molecular weight is 302 g/mol. The standard InChI is InChI=1S/C15H12ClN3O2/c16-12-4-2-1-3-11(12)8-19-9-17-13-6-5-10(7-14(13)19)15(20)18-21/h1-7,9,21H,8H2,(H,18,20). The summed E-state index contributed by atoms with van der Waals surface area (Å²) < 4.78 is 1.91. The number of hydrogen-bond acceptors (Lipinski definition) is 3. The minimum absolute atomic E-state index is 0.367. The molecule has 0 aliphatic heterocycles. The van der Waals surface area contributed by atoms with Gasteiger partial charge < -0.3 is 4.57 Å². The normalized spacial score (nSPS) is 10.8. The van der Waals surface area contributed by atoms with Crippen molar-refractivity contribution in [1.29, 1.82) is 0 Å². The molecular weight excluding hydrogens is 290 g/mol. The number of fused-ring (bicyclic) bond motifs is 1. The summed E-state index contributed by atoms with van der Waals surface area (Å²) >= 11 is 6.17. The van der Waals surface area contributed by atoms with E-state index in [0.717, 1.165) is 16.6 Å². The van der Waals surface area contributed by atoms with E-state index in [1.807, 2.05) is 28.8 Å². The van der Waals surface area contributed by atoms with E-state index >= 15 is 0 Å². The third kappa shape index (κ3) is 2.61. The van der Waals surface area contributed by atoms with Crippen molar-refractivity contribution >= 4 is 28.5 Å². The van der Waals surface area contributed by atoms with Gasteiger partial charge in [-0.25, -0.2) is 10.5 Å². The van der Waals surface area contributed by atoms with E-state index in [-0.39, 0.29) is 0 Å². The number of hydrogen-bond donors (Lipinski definition) is 2. The topological polar surface area (TPSA) is 67.2 Å². The summed E-state index contributed by atoms with van der Waals surface area (Å²) in [7, 11) is 0. The Bertz CT molecular complexity index is 814. The third-order valence-corrected chi connectivity index (χ3v) is 3.65. The highest BCUT2D eigenvalue weighted by Crippen LogP contribution is 2.20. The smallest absolute Gasteiger partial charge is 0.274 e. The largest absolute Gasteiger partial charge is 0.326 e. The highest BCUT2D eigenvalue weighted by atomic mass is 35.5. The second-order valence-electron chi connectivity index (χ2n) is 4.61. The molecule has 0 unspecified atom stereocenters. The van der Waals surface area contributed by atoms with Crippen LogP contribution in [0.4, 0.5) is 0 Å². The maximum Gasteiger partial charge on any atom is 0.274 e. The van der Waals surface area contributed by atoms with Crippen LogP contribution in [0.15, 0.2) is 48.8 Å². The van der Waals surface area contributed by atoms with Crippen LogP contribution in [0.5, 0.6) is 0 Å². The zero-order chi connectivity index (χ0) is 14.8. The molecule has 0 fully saturated rings. The highest BCUT2D eigenvalue weighted by Gasteiger charge is 2.09. The predicted molar refractivity (Wildman–Crippen MR) is 79.5 cm³/mol. The van der Waals surface area contributed by atoms with Crippen molar-refractivity contribution in [3.63, 3.8) is 0 Å². The van der Waals surface area contributed by atoms with E-state index in [2.05, 4.69) is 4.98 Å². The van der Waals surface area contributed by atoms with E-state index in [4.69, 9.17) is 16.8 Å². The number of benzene rings is 2. The fraction of sp³-hybridized carbons (Fsp3) is 0.0667. The molecule has 0 atom stereocenters. The number of nitrogens with zero attached hydrogens (tertiary/aromatic N) is 2. The summed E-state index contributed by atoms with van der Waals surface area (Å²) in [6, 6.07) is 12.6. The molecule has 0 radical (unpaired) electrons. The van der Waals surface area contributed by atoms with Gasteiger partial charge in [0.15, 0.2) is 0 Å². The lowest BCUT2D eigenvalue weighted by atomic mass is 10.2. The molecule has 3 aromatic rings. The van der Waals surface area contributed by atoms with Gasteiger partial charge in [0.25, 0.3) is 5.91 Å². The molecule has 1 heterocycles. The van der Waals surface area contributed by atoms with Gasteiger partial charge in [-0.05, 0) is 29.8 Å². The first-order valence-corrected chi connectivity index (χ1v) is 6.69. The van der Waals surface area contributed by atoms with Gasteiger partial charge in [-0.3, -0.25) is 10.0 Å². The van der Waals surface area contributed by atoms with Gasteiger partial charge in [0.2, 0.25) is 0 Å². The summed E-state index contributed by atoms with van der Waals surface area (Å²) in [4.78, 5) is 15.8. The van der Waals surface area contributed by atoms with Gasteiger partial charge in [-0.2, -0.15) is 0 Å². The molecule has 0 saturated carbocycles. The summed E-state index contributed by atoms with van der Waals surface area (Å²) in [5.41, 5.74) is 4.54. The Morgan fingerprint density at radius 2 is 2.10 bits per heavy atom. The van der Waals surface area contributed by atoms with Crippen LogP contribution in [0.1, 0.15) is 15.9 Å². The number of amides is 1. The lowest BCUT2D eigenvalue weighted by molar-refractivity contribution is 0.0706. The van der Waals surface area contributed by atoms with E-state index < -0.39 is 5.91 Å². The average Bonchev–Trinajstić information content (AvgIpc) is 2.91. The van der Waals surface area contributed by atoms with Crippen LogP contribution >= 0.6 is 11.6 Å². The number of imidazole rings is 1. The minimum Gasteiger partial charge on any atom is -0.326 e. The van der Waals surface area contributed by atoms with Gasteiger partial charge in [-0.1, -0.05) is 29.8 Å². The van der Waals surface area contributed by atoms with Gasteiger partial charge in [-0.15, -0.1) is 0 Å². The van der Waals surface area contributed by atoms with Gasteiger partial charge >= 0.3 is 0 Å². The Hall–Kier alpha value is -2.37. The van der Waals surface area contributed by atoms with Crippen molar-refractivity contribution in [3.8, 4) is 0 Å². The predicted octanol–water partition coefficient (Wildman–Crippen LogP) is 2.86. The molecule has 2 N–H and O–H groups in total. The number of halogens is 1. The molecule has 0 bridgehead atoms. The molecule has 21 heavy (non-hydrogen) atoms. The quantitative estimate of drug-likeness (QED) is 0.577. The molecule has 6 heteroatoms. The highest BCUT2D eigenvalue weighted by molar-refractivity contribution is 6.31. The number of carbonyl (C=O) groups is 1. The van der Waals surface area contributed by atoms with E-state index in [0.29, 0.717) is 17.1 Å². The second-order valence-corrected chi connectivity index (χ2v) is 5.02. The van der Waals surface area contributed by atoms with Gasteiger partial charge in [0.1, 0.15) is 0 Å². The number of hydroxylamine groups is 1. The van der Waals surface area contributed by atoms with Gasteiger partial charge in [0, 0.05) is 10.6 Å². The molecule has 2 aromatic carbocycles. The fourth-order valence-electron chi connectivity index (χ4n) is 2.20. The molecule has 1 aromatic heterocycles. The monoisotopic (exact) mass is 301 g/mol.